The molecule has 1 atom stereocenters. The topological polar surface area (TPSA) is 79.7 Å². The van der Waals surface area contributed by atoms with Gasteiger partial charge in [0.1, 0.15) is 0 Å². The van der Waals surface area contributed by atoms with Gasteiger partial charge >= 0.3 is 0 Å². The fourth-order valence-corrected chi connectivity index (χ4v) is 5.91. The second kappa shape index (κ2) is 10.2. The van der Waals surface area contributed by atoms with E-state index in [1.54, 1.807) is 11.3 Å². The summed E-state index contributed by atoms with van der Waals surface area (Å²) in [6, 6.07) is 12.8. The Hall–Kier alpha value is -2.84. The lowest BCUT2D eigenvalue weighted by Crippen LogP contribution is -2.33. The second-order valence-corrected chi connectivity index (χ2v) is 10.4. The van der Waals surface area contributed by atoms with Crippen LogP contribution in [0.3, 0.4) is 0 Å². The Morgan fingerprint density at radius 1 is 1.18 bits per heavy atom. The molecule has 0 amide bonds. The van der Waals surface area contributed by atoms with Crippen LogP contribution >= 0.6 is 11.3 Å². The first-order valence-electron chi connectivity index (χ1n) is 12.3. The molecule has 0 aliphatic heterocycles. The highest BCUT2D eigenvalue weighted by atomic mass is 32.1. The molecule has 8 heteroatoms. The molecule has 4 aromatic rings. The number of tetrazole rings is 1. The molecule has 7 nitrogen and oxygen atoms in total. The van der Waals surface area contributed by atoms with Gasteiger partial charge in [0.15, 0.2) is 5.82 Å². The molecule has 0 unspecified atom stereocenters. The van der Waals surface area contributed by atoms with Gasteiger partial charge in [0.25, 0.3) is 5.56 Å². The number of rotatable bonds is 8. The van der Waals surface area contributed by atoms with Gasteiger partial charge < -0.3 is 4.98 Å². The summed E-state index contributed by atoms with van der Waals surface area (Å²) in [6.45, 7) is 5.50. The summed E-state index contributed by atoms with van der Waals surface area (Å²) < 4.78 is 2.07. The Kier molecular flexibility index (Phi) is 6.87. The van der Waals surface area contributed by atoms with Crippen LogP contribution in [0.4, 0.5) is 0 Å². The fraction of sp³-hybridized carbons (Fsp3) is 0.462. The predicted octanol–water partition coefficient (Wildman–Crippen LogP) is 5.54. The van der Waals surface area contributed by atoms with Crippen LogP contribution in [0.5, 0.6) is 0 Å². The Balaban J connectivity index is 1.50. The SMILES string of the molecule is CC[C@H](c1nnnn1C1CCCCC1)N(Cc1cccs1)Cc1cc2ccc(C)cc2[nH]c1=O. The van der Waals surface area contributed by atoms with Gasteiger partial charge in [0.2, 0.25) is 0 Å². The molecule has 34 heavy (non-hydrogen) atoms. The number of benzene rings is 1. The number of aromatic amines is 1. The Morgan fingerprint density at radius 3 is 2.79 bits per heavy atom. The summed E-state index contributed by atoms with van der Waals surface area (Å²) in [5, 5.41) is 16.2. The number of fused-ring (bicyclic) bond motifs is 1. The van der Waals surface area contributed by atoms with Crippen molar-refractivity contribution in [3.05, 3.63) is 74.0 Å². The average molecular weight is 477 g/mol. The standard InChI is InChI=1S/C26H32N6OS/c1-3-24(25-28-29-30-32(25)21-8-5-4-6-9-21)31(17-22-10-7-13-34-22)16-20-15-19-12-11-18(2)14-23(19)27-26(20)33/h7,10-15,21,24H,3-6,8-9,16-17H2,1-2H3,(H,27,33)/t24-/m1/s1. The maximum atomic E-state index is 13.1. The summed E-state index contributed by atoms with van der Waals surface area (Å²) in [6.07, 6.45) is 6.87. The summed E-state index contributed by atoms with van der Waals surface area (Å²) in [4.78, 5) is 19.8. The number of thiophene rings is 1. The molecule has 1 aliphatic rings. The third-order valence-electron chi connectivity index (χ3n) is 6.96. The smallest absolute Gasteiger partial charge is 0.252 e. The van der Waals surface area contributed by atoms with Gasteiger partial charge in [-0.2, -0.15) is 0 Å². The van der Waals surface area contributed by atoms with Crippen molar-refractivity contribution in [1.29, 1.82) is 0 Å². The number of hydrogen-bond acceptors (Lipinski definition) is 6. The molecular weight excluding hydrogens is 444 g/mol. The van der Waals surface area contributed by atoms with Crippen LogP contribution in [0.25, 0.3) is 10.9 Å². The molecule has 1 saturated carbocycles. The molecule has 3 aromatic heterocycles. The quantitative estimate of drug-likeness (QED) is 0.361. The van der Waals surface area contributed by atoms with E-state index in [1.165, 1.54) is 24.1 Å². The zero-order chi connectivity index (χ0) is 23.5. The van der Waals surface area contributed by atoms with Crippen molar-refractivity contribution >= 4 is 22.2 Å². The van der Waals surface area contributed by atoms with E-state index >= 15 is 0 Å². The van der Waals surface area contributed by atoms with E-state index in [-0.39, 0.29) is 11.6 Å². The Morgan fingerprint density at radius 2 is 2.03 bits per heavy atom. The largest absolute Gasteiger partial charge is 0.322 e. The minimum Gasteiger partial charge on any atom is -0.322 e. The van der Waals surface area contributed by atoms with E-state index < -0.39 is 0 Å². The summed E-state index contributed by atoms with van der Waals surface area (Å²) >= 11 is 1.74. The number of hydrogen-bond donors (Lipinski definition) is 1. The number of pyridine rings is 1. The summed E-state index contributed by atoms with van der Waals surface area (Å²) in [5.74, 6) is 0.916. The predicted molar refractivity (Wildman–Crippen MR) is 136 cm³/mol. The molecule has 178 valence electrons. The minimum absolute atomic E-state index is 0.0205. The van der Waals surface area contributed by atoms with Crippen LogP contribution in [0.15, 0.2) is 46.6 Å². The van der Waals surface area contributed by atoms with Crippen molar-refractivity contribution < 1.29 is 0 Å². The van der Waals surface area contributed by atoms with Gasteiger partial charge in [0, 0.05) is 29.0 Å². The van der Waals surface area contributed by atoms with Gasteiger partial charge in [-0.25, -0.2) is 4.68 Å². The second-order valence-electron chi connectivity index (χ2n) is 9.40. The first kappa shape index (κ1) is 22.9. The van der Waals surface area contributed by atoms with Crippen LogP contribution in [-0.4, -0.2) is 30.1 Å². The third kappa shape index (κ3) is 4.83. The first-order chi connectivity index (χ1) is 16.6. The van der Waals surface area contributed by atoms with Gasteiger partial charge in [-0.05, 0) is 71.1 Å². The number of nitrogens with one attached hydrogen (secondary N) is 1. The molecule has 1 aliphatic carbocycles. The van der Waals surface area contributed by atoms with Crippen molar-refractivity contribution in [1.82, 2.24) is 30.1 Å². The lowest BCUT2D eigenvalue weighted by atomic mass is 9.95. The fourth-order valence-electron chi connectivity index (χ4n) is 5.18. The highest BCUT2D eigenvalue weighted by molar-refractivity contribution is 7.09. The number of aryl methyl sites for hydroxylation is 1. The van der Waals surface area contributed by atoms with Crippen LogP contribution in [-0.2, 0) is 13.1 Å². The first-order valence-corrected chi connectivity index (χ1v) is 13.2. The molecule has 1 fully saturated rings. The molecule has 5 rings (SSSR count). The summed E-state index contributed by atoms with van der Waals surface area (Å²) in [5.41, 5.74) is 2.75. The average Bonchev–Trinajstić information content (AvgIpc) is 3.53. The van der Waals surface area contributed by atoms with E-state index in [4.69, 9.17) is 0 Å². The van der Waals surface area contributed by atoms with Crippen LogP contribution < -0.4 is 5.56 Å². The molecule has 1 aromatic carbocycles. The maximum Gasteiger partial charge on any atom is 0.252 e. The minimum atomic E-state index is -0.0315. The zero-order valence-corrected chi connectivity index (χ0v) is 20.7. The molecule has 3 heterocycles. The molecule has 1 N–H and O–H groups in total. The Bertz CT molecular complexity index is 1290. The van der Waals surface area contributed by atoms with Crippen molar-refractivity contribution in [3.8, 4) is 0 Å². The summed E-state index contributed by atoms with van der Waals surface area (Å²) in [7, 11) is 0. The van der Waals surface area contributed by atoms with Crippen LogP contribution in [0.2, 0.25) is 0 Å². The monoisotopic (exact) mass is 476 g/mol. The molecule has 0 saturated heterocycles. The highest BCUT2D eigenvalue weighted by Gasteiger charge is 2.29. The molecule has 0 bridgehead atoms. The van der Waals surface area contributed by atoms with Crippen molar-refractivity contribution in [3.63, 3.8) is 0 Å². The van der Waals surface area contributed by atoms with Gasteiger partial charge in [0.05, 0.1) is 12.1 Å². The highest BCUT2D eigenvalue weighted by Crippen LogP contribution is 2.33. The van der Waals surface area contributed by atoms with E-state index in [9.17, 15) is 4.79 Å². The van der Waals surface area contributed by atoms with E-state index in [0.29, 0.717) is 12.6 Å². The van der Waals surface area contributed by atoms with Gasteiger partial charge in [-0.3, -0.25) is 9.69 Å². The van der Waals surface area contributed by atoms with Crippen molar-refractivity contribution in [2.45, 2.75) is 77.5 Å². The van der Waals surface area contributed by atoms with Crippen LogP contribution in [0, 0.1) is 6.92 Å². The third-order valence-corrected chi connectivity index (χ3v) is 7.82. The molecular formula is C26H32N6OS. The molecule has 0 spiro atoms. The van der Waals surface area contributed by atoms with E-state index in [2.05, 4.69) is 66.7 Å². The van der Waals surface area contributed by atoms with Crippen LogP contribution in [0.1, 0.15) is 79.4 Å². The molecule has 0 radical (unpaired) electrons. The van der Waals surface area contributed by atoms with E-state index in [1.807, 2.05) is 19.1 Å². The maximum absolute atomic E-state index is 13.1. The Labute approximate surface area is 203 Å². The lowest BCUT2D eigenvalue weighted by molar-refractivity contribution is 0.157. The van der Waals surface area contributed by atoms with E-state index in [0.717, 1.165) is 53.7 Å². The van der Waals surface area contributed by atoms with Gasteiger partial charge in [-0.15, -0.1) is 16.4 Å². The number of nitrogens with zero attached hydrogens (tertiary/aromatic N) is 5. The van der Waals surface area contributed by atoms with Gasteiger partial charge in [-0.1, -0.05) is 44.4 Å². The number of aromatic nitrogens is 5. The van der Waals surface area contributed by atoms with Crippen molar-refractivity contribution in [2.75, 3.05) is 0 Å². The zero-order valence-electron chi connectivity index (χ0n) is 19.9. The van der Waals surface area contributed by atoms with Crippen molar-refractivity contribution in [2.24, 2.45) is 0 Å². The number of H-pyrrole nitrogens is 1. The lowest BCUT2D eigenvalue weighted by Gasteiger charge is -2.31. The normalized spacial score (nSPS) is 15.9.